The first-order valence-electron chi connectivity index (χ1n) is 6.30. The molecule has 2 aromatic rings. The van der Waals surface area contributed by atoms with Gasteiger partial charge in [0, 0.05) is 18.4 Å². The predicted molar refractivity (Wildman–Crippen MR) is 69.4 cm³/mol. The first kappa shape index (κ1) is 11.3. The van der Waals surface area contributed by atoms with Gasteiger partial charge >= 0.3 is 0 Å². The first-order chi connectivity index (χ1) is 8.83. The van der Waals surface area contributed by atoms with Crippen LogP contribution in [0.5, 0.6) is 5.75 Å². The Kier molecular flexibility index (Phi) is 3.02. The number of nitrogens with zero attached hydrogens (tertiary/aromatic N) is 2. The normalized spacial score (nSPS) is 17.7. The van der Waals surface area contributed by atoms with Gasteiger partial charge in [-0.05, 0) is 36.1 Å². The van der Waals surface area contributed by atoms with E-state index in [4.69, 9.17) is 10.5 Å². The molecule has 0 fully saturated rings. The van der Waals surface area contributed by atoms with Crippen LogP contribution >= 0.6 is 0 Å². The van der Waals surface area contributed by atoms with Crippen molar-refractivity contribution in [1.82, 2.24) is 9.55 Å². The molecule has 0 unspecified atom stereocenters. The molecule has 1 aliphatic carbocycles. The van der Waals surface area contributed by atoms with Gasteiger partial charge in [-0.25, -0.2) is 4.98 Å². The summed E-state index contributed by atoms with van der Waals surface area (Å²) in [7, 11) is 0. The second kappa shape index (κ2) is 4.82. The highest BCUT2D eigenvalue weighted by molar-refractivity contribution is 5.40. The first-order valence-corrected chi connectivity index (χ1v) is 6.30. The van der Waals surface area contributed by atoms with E-state index in [1.54, 1.807) is 12.5 Å². The van der Waals surface area contributed by atoms with Gasteiger partial charge in [0.15, 0.2) is 0 Å². The lowest BCUT2D eigenvalue weighted by atomic mass is 10.1. The zero-order valence-electron chi connectivity index (χ0n) is 10.2. The highest BCUT2D eigenvalue weighted by atomic mass is 16.5. The molecule has 0 aliphatic heterocycles. The van der Waals surface area contributed by atoms with Crippen LogP contribution in [0.4, 0.5) is 0 Å². The topological polar surface area (TPSA) is 53.1 Å². The van der Waals surface area contributed by atoms with E-state index in [2.05, 4.69) is 17.1 Å². The molecule has 0 bridgehead atoms. The van der Waals surface area contributed by atoms with Gasteiger partial charge in [0.05, 0.1) is 12.9 Å². The Labute approximate surface area is 106 Å². The SMILES string of the molecule is N[C@@H]1CCc2cc(OCCn3ccnc3)ccc21. The second-order valence-corrected chi connectivity index (χ2v) is 4.65. The number of benzene rings is 1. The molecule has 1 aromatic heterocycles. The second-order valence-electron chi connectivity index (χ2n) is 4.65. The minimum atomic E-state index is 0.208. The maximum Gasteiger partial charge on any atom is 0.119 e. The highest BCUT2D eigenvalue weighted by Gasteiger charge is 2.18. The molecule has 4 nitrogen and oxygen atoms in total. The standard InChI is InChI=1S/C14H17N3O/c15-14-4-1-11-9-12(2-3-13(11)14)18-8-7-17-6-5-16-10-17/h2-3,5-6,9-10,14H,1,4,7-8,15H2/t14-/m1/s1. The van der Waals surface area contributed by atoms with Crippen molar-refractivity contribution >= 4 is 0 Å². The Bertz CT molecular complexity index is 522. The Morgan fingerprint density at radius 2 is 2.39 bits per heavy atom. The quantitative estimate of drug-likeness (QED) is 0.892. The van der Waals surface area contributed by atoms with E-state index in [1.165, 1.54) is 11.1 Å². The molecule has 1 aliphatic rings. The number of nitrogens with two attached hydrogens (primary N) is 1. The van der Waals surface area contributed by atoms with Gasteiger partial charge in [0.1, 0.15) is 12.4 Å². The summed E-state index contributed by atoms with van der Waals surface area (Å²) in [6.45, 7) is 1.47. The van der Waals surface area contributed by atoms with E-state index in [0.717, 1.165) is 25.1 Å². The minimum Gasteiger partial charge on any atom is -0.492 e. The predicted octanol–water partition coefficient (Wildman–Crippen LogP) is 1.91. The van der Waals surface area contributed by atoms with Crippen molar-refractivity contribution < 1.29 is 4.74 Å². The lowest BCUT2D eigenvalue weighted by Crippen LogP contribution is -2.07. The highest BCUT2D eigenvalue weighted by Crippen LogP contribution is 2.31. The largest absolute Gasteiger partial charge is 0.492 e. The molecule has 0 amide bonds. The molecule has 0 saturated carbocycles. The van der Waals surface area contributed by atoms with Crippen molar-refractivity contribution in [2.24, 2.45) is 5.73 Å². The molecule has 1 aromatic carbocycles. The molecule has 94 valence electrons. The smallest absolute Gasteiger partial charge is 0.119 e. The van der Waals surface area contributed by atoms with Crippen LogP contribution in [-0.4, -0.2) is 16.2 Å². The molecular weight excluding hydrogens is 226 g/mol. The summed E-state index contributed by atoms with van der Waals surface area (Å²) < 4.78 is 7.75. The monoisotopic (exact) mass is 243 g/mol. The molecule has 0 spiro atoms. The summed E-state index contributed by atoms with van der Waals surface area (Å²) in [5.41, 5.74) is 8.62. The van der Waals surface area contributed by atoms with Crippen molar-refractivity contribution in [2.45, 2.75) is 25.4 Å². The van der Waals surface area contributed by atoms with Crippen LogP contribution in [0, 0.1) is 0 Å². The third-order valence-electron chi connectivity index (χ3n) is 3.42. The van der Waals surface area contributed by atoms with Gasteiger partial charge in [-0.1, -0.05) is 6.07 Å². The average Bonchev–Trinajstić information content (AvgIpc) is 3.00. The molecule has 2 N–H and O–H groups in total. The van der Waals surface area contributed by atoms with E-state index in [0.29, 0.717) is 6.61 Å². The van der Waals surface area contributed by atoms with Crippen LogP contribution in [0.15, 0.2) is 36.9 Å². The molecule has 3 rings (SSSR count). The van der Waals surface area contributed by atoms with Crippen molar-refractivity contribution in [3.63, 3.8) is 0 Å². The van der Waals surface area contributed by atoms with E-state index in [9.17, 15) is 0 Å². The van der Waals surface area contributed by atoms with Crippen molar-refractivity contribution in [3.8, 4) is 5.75 Å². The number of fused-ring (bicyclic) bond motifs is 1. The molecule has 18 heavy (non-hydrogen) atoms. The number of hydrogen-bond acceptors (Lipinski definition) is 3. The number of imidazole rings is 1. The summed E-state index contributed by atoms with van der Waals surface area (Å²) in [6, 6.07) is 6.44. The van der Waals surface area contributed by atoms with Crippen LogP contribution in [0.1, 0.15) is 23.6 Å². The number of aryl methyl sites for hydroxylation is 1. The van der Waals surface area contributed by atoms with Crippen molar-refractivity contribution in [1.29, 1.82) is 0 Å². The minimum absolute atomic E-state index is 0.208. The lowest BCUT2D eigenvalue weighted by Gasteiger charge is -2.09. The maximum absolute atomic E-state index is 6.01. The van der Waals surface area contributed by atoms with Gasteiger partial charge in [0.2, 0.25) is 0 Å². The van der Waals surface area contributed by atoms with Gasteiger partial charge < -0.3 is 15.0 Å². The van der Waals surface area contributed by atoms with Gasteiger partial charge in [-0.2, -0.15) is 0 Å². The molecule has 0 radical (unpaired) electrons. The van der Waals surface area contributed by atoms with Crippen LogP contribution in [-0.2, 0) is 13.0 Å². The van der Waals surface area contributed by atoms with Gasteiger partial charge in [-0.15, -0.1) is 0 Å². The van der Waals surface area contributed by atoms with E-state index >= 15 is 0 Å². The van der Waals surface area contributed by atoms with Crippen molar-refractivity contribution in [2.75, 3.05) is 6.61 Å². The number of aromatic nitrogens is 2. The Morgan fingerprint density at radius 3 is 3.22 bits per heavy atom. The molecule has 1 atom stereocenters. The molecule has 4 heteroatoms. The Morgan fingerprint density at radius 1 is 1.44 bits per heavy atom. The lowest BCUT2D eigenvalue weighted by molar-refractivity contribution is 0.298. The summed E-state index contributed by atoms with van der Waals surface area (Å²) in [4.78, 5) is 4.00. The fourth-order valence-corrected chi connectivity index (χ4v) is 2.40. The molecule has 1 heterocycles. The Balaban J connectivity index is 1.60. The fourth-order valence-electron chi connectivity index (χ4n) is 2.40. The van der Waals surface area contributed by atoms with Crippen LogP contribution < -0.4 is 10.5 Å². The van der Waals surface area contributed by atoms with E-state index in [1.807, 2.05) is 16.8 Å². The number of rotatable bonds is 4. The van der Waals surface area contributed by atoms with Crippen molar-refractivity contribution in [3.05, 3.63) is 48.0 Å². The molecule has 0 saturated heterocycles. The zero-order chi connectivity index (χ0) is 12.4. The summed E-state index contributed by atoms with van der Waals surface area (Å²) in [5, 5.41) is 0. The average molecular weight is 243 g/mol. The van der Waals surface area contributed by atoms with Crippen LogP contribution in [0.25, 0.3) is 0 Å². The zero-order valence-corrected chi connectivity index (χ0v) is 10.2. The Hall–Kier alpha value is -1.81. The van der Waals surface area contributed by atoms with Crippen LogP contribution in [0.2, 0.25) is 0 Å². The summed E-state index contributed by atoms with van der Waals surface area (Å²) in [5.74, 6) is 0.933. The summed E-state index contributed by atoms with van der Waals surface area (Å²) >= 11 is 0. The summed E-state index contributed by atoms with van der Waals surface area (Å²) in [6.07, 6.45) is 7.62. The third kappa shape index (κ3) is 2.24. The van der Waals surface area contributed by atoms with Crippen LogP contribution in [0.3, 0.4) is 0 Å². The van der Waals surface area contributed by atoms with Gasteiger partial charge in [0.25, 0.3) is 0 Å². The van der Waals surface area contributed by atoms with E-state index in [-0.39, 0.29) is 6.04 Å². The number of hydrogen-bond donors (Lipinski definition) is 1. The van der Waals surface area contributed by atoms with E-state index < -0.39 is 0 Å². The number of ether oxygens (including phenoxy) is 1. The maximum atomic E-state index is 6.01. The third-order valence-corrected chi connectivity index (χ3v) is 3.42. The van der Waals surface area contributed by atoms with Gasteiger partial charge in [-0.3, -0.25) is 0 Å². The fraction of sp³-hybridized carbons (Fsp3) is 0.357. The molecular formula is C14H17N3O.